The highest BCUT2D eigenvalue weighted by Gasteiger charge is 2.26. The number of rotatable bonds is 4. The van der Waals surface area contributed by atoms with Gasteiger partial charge in [-0.3, -0.25) is 9.59 Å². The van der Waals surface area contributed by atoms with E-state index in [2.05, 4.69) is 10.6 Å². The van der Waals surface area contributed by atoms with Crippen molar-refractivity contribution < 1.29 is 9.59 Å². The summed E-state index contributed by atoms with van der Waals surface area (Å²) in [5.74, 6) is -0.734. The van der Waals surface area contributed by atoms with Gasteiger partial charge in [0.25, 0.3) is 0 Å². The Bertz CT molecular complexity index is 447. The lowest BCUT2D eigenvalue weighted by Crippen LogP contribution is -2.44. The summed E-state index contributed by atoms with van der Waals surface area (Å²) in [6, 6.07) is 8.31. The minimum atomic E-state index is -0.754. The Morgan fingerprint density at radius 3 is 2.55 bits per heavy atom. The number of amides is 2. The molecule has 0 bridgehead atoms. The van der Waals surface area contributed by atoms with Crippen LogP contribution < -0.4 is 16.4 Å². The zero-order valence-electron chi connectivity index (χ0n) is 11.2. The molecule has 0 aromatic heterocycles. The SMILES string of the molecule is Cl.NC(=O)C(NC(=O)C1CCCNC1)c1ccccc1. The first-order chi connectivity index (χ1) is 9.18. The van der Waals surface area contributed by atoms with Crippen LogP contribution in [0.3, 0.4) is 0 Å². The van der Waals surface area contributed by atoms with Crippen molar-refractivity contribution >= 4 is 24.2 Å². The number of piperidine rings is 1. The first-order valence-electron chi connectivity index (χ1n) is 6.54. The molecule has 1 aromatic carbocycles. The zero-order valence-corrected chi connectivity index (χ0v) is 12.0. The number of carbonyl (C=O) groups is 2. The second kappa shape index (κ2) is 7.87. The maximum atomic E-state index is 12.1. The van der Waals surface area contributed by atoms with Gasteiger partial charge in [-0.15, -0.1) is 12.4 Å². The van der Waals surface area contributed by atoms with Gasteiger partial charge in [0.2, 0.25) is 11.8 Å². The lowest BCUT2D eigenvalue weighted by Gasteiger charge is -2.24. The van der Waals surface area contributed by atoms with Gasteiger partial charge >= 0.3 is 0 Å². The van der Waals surface area contributed by atoms with Gasteiger partial charge in [-0.25, -0.2) is 0 Å². The smallest absolute Gasteiger partial charge is 0.244 e. The fourth-order valence-corrected chi connectivity index (χ4v) is 2.30. The van der Waals surface area contributed by atoms with Crippen LogP contribution in [0.25, 0.3) is 0 Å². The summed E-state index contributed by atoms with van der Waals surface area (Å²) < 4.78 is 0. The van der Waals surface area contributed by atoms with Crippen molar-refractivity contribution in [1.29, 1.82) is 0 Å². The van der Waals surface area contributed by atoms with Crippen LogP contribution in [-0.4, -0.2) is 24.9 Å². The summed E-state index contributed by atoms with van der Waals surface area (Å²) >= 11 is 0. The molecule has 1 aliphatic rings. The molecular weight excluding hydrogens is 278 g/mol. The highest BCUT2D eigenvalue weighted by atomic mass is 35.5. The maximum Gasteiger partial charge on any atom is 0.244 e. The van der Waals surface area contributed by atoms with E-state index in [9.17, 15) is 9.59 Å². The first kappa shape index (κ1) is 16.5. The summed E-state index contributed by atoms with van der Waals surface area (Å²) in [5.41, 5.74) is 6.09. The minimum absolute atomic E-state index is 0. The van der Waals surface area contributed by atoms with Gasteiger partial charge in [-0.2, -0.15) is 0 Å². The molecule has 0 spiro atoms. The molecule has 5 nitrogen and oxygen atoms in total. The van der Waals surface area contributed by atoms with Gasteiger partial charge in [-0.1, -0.05) is 30.3 Å². The monoisotopic (exact) mass is 297 g/mol. The van der Waals surface area contributed by atoms with Crippen LogP contribution in [0, 0.1) is 5.92 Å². The number of halogens is 1. The quantitative estimate of drug-likeness (QED) is 0.767. The van der Waals surface area contributed by atoms with Gasteiger partial charge in [0, 0.05) is 6.54 Å². The third kappa shape index (κ3) is 4.21. The minimum Gasteiger partial charge on any atom is -0.368 e. The van der Waals surface area contributed by atoms with E-state index in [0.29, 0.717) is 12.1 Å². The number of nitrogens with two attached hydrogens (primary N) is 1. The van der Waals surface area contributed by atoms with Crippen LogP contribution in [0.5, 0.6) is 0 Å². The normalized spacial score (nSPS) is 19.5. The fourth-order valence-electron chi connectivity index (χ4n) is 2.30. The average molecular weight is 298 g/mol. The van der Waals surface area contributed by atoms with Gasteiger partial charge in [0.05, 0.1) is 5.92 Å². The van der Waals surface area contributed by atoms with Crippen LogP contribution in [-0.2, 0) is 9.59 Å². The van der Waals surface area contributed by atoms with E-state index in [-0.39, 0.29) is 24.2 Å². The molecule has 1 saturated heterocycles. The lowest BCUT2D eigenvalue weighted by molar-refractivity contribution is -0.130. The summed E-state index contributed by atoms with van der Waals surface area (Å²) in [7, 11) is 0. The van der Waals surface area contributed by atoms with Crippen LogP contribution in [0.2, 0.25) is 0 Å². The second-order valence-corrected chi connectivity index (χ2v) is 4.80. The lowest BCUT2D eigenvalue weighted by atomic mass is 9.97. The summed E-state index contributed by atoms with van der Waals surface area (Å²) in [5, 5.41) is 5.93. The molecule has 20 heavy (non-hydrogen) atoms. The van der Waals surface area contributed by atoms with E-state index in [4.69, 9.17) is 5.73 Å². The Balaban J connectivity index is 0.00000200. The largest absolute Gasteiger partial charge is 0.368 e. The van der Waals surface area contributed by atoms with Gasteiger partial charge in [0.1, 0.15) is 6.04 Å². The molecule has 1 aliphatic heterocycles. The Hall–Kier alpha value is -1.59. The number of carbonyl (C=O) groups excluding carboxylic acids is 2. The van der Waals surface area contributed by atoms with Crippen LogP contribution in [0.1, 0.15) is 24.4 Å². The number of primary amides is 1. The standard InChI is InChI=1S/C14H19N3O2.ClH/c15-13(18)12(10-5-2-1-3-6-10)17-14(19)11-7-4-8-16-9-11;/h1-3,5-6,11-12,16H,4,7-9H2,(H2,15,18)(H,17,19);1H. The Kier molecular flexibility index (Phi) is 6.48. The molecule has 2 amide bonds. The van der Waals surface area contributed by atoms with Crippen LogP contribution in [0.4, 0.5) is 0 Å². The maximum absolute atomic E-state index is 12.1. The van der Waals surface area contributed by atoms with Crippen molar-refractivity contribution in [3.8, 4) is 0 Å². The summed E-state index contributed by atoms with van der Waals surface area (Å²) in [6.07, 6.45) is 1.82. The van der Waals surface area contributed by atoms with Crippen molar-refractivity contribution in [2.24, 2.45) is 11.7 Å². The third-order valence-electron chi connectivity index (χ3n) is 3.37. The number of hydrogen-bond donors (Lipinski definition) is 3. The highest BCUT2D eigenvalue weighted by molar-refractivity contribution is 5.88. The first-order valence-corrected chi connectivity index (χ1v) is 6.54. The van der Waals surface area contributed by atoms with E-state index in [1.807, 2.05) is 18.2 Å². The molecule has 4 N–H and O–H groups in total. The average Bonchev–Trinajstić information content (AvgIpc) is 2.46. The van der Waals surface area contributed by atoms with Crippen LogP contribution in [0.15, 0.2) is 30.3 Å². The Morgan fingerprint density at radius 2 is 2.00 bits per heavy atom. The predicted molar refractivity (Wildman–Crippen MR) is 79.4 cm³/mol. The summed E-state index contributed by atoms with van der Waals surface area (Å²) in [6.45, 7) is 1.60. The van der Waals surface area contributed by atoms with Crippen molar-refractivity contribution in [1.82, 2.24) is 10.6 Å². The van der Waals surface area contributed by atoms with Gasteiger partial charge in [-0.05, 0) is 24.9 Å². The van der Waals surface area contributed by atoms with E-state index in [1.54, 1.807) is 12.1 Å². The van der Waals surface area contributed by atoms with E-state index < -0.39 is 11.9 Å². The molecule has 1 aromatic rings. The van der Waals surface area contributed by atoms with Crippen molar-refractivity contribution in [2.45, 2.75) is 18.9 Å². The molecule has 2 unspecified atom stereocenters. The molecule has 6 heteroatoms. The molecule has 0 aliphatic carbocycles. The Labute approximate surface area is 124 Å². The molecule has 1 fully saturated rings. The van der Waals surface area contributed by atoms with Crippen molar-refractivity contribution in [3.63, 3.8) is 0 Å². The van der Waals surface area contributed by atoms with E-state index in [0.717, 1.165) is 19.4 Å². The van der Waals surface area contributed by atoms with Gasteiger partial charge in [0.15, 0.2) is 0 Å². The molecular formula is C14H20ClN3O2. The van der Waals surface area contributed by atoms with Gasteiger partial charge < -0.3 is 16.4 Å². The topological polar surface area (TPSA) is 84.2 Å². The Morgan fingerprint density at radius 1 is 1.30 bits per heavy atom. The number of nitrogens with one attached hydrogen (secondary N) is 2. The van der Waals surface area contributed by atoms with Crippen molar-refractivity contribution in [3.05, 3.63) is 35.9 Å². The second-order valence-electron chi connectivity index (χ2n) is 4.80. The van der Waals surface area contributed by atoms with E-state index in [1.165, 1.54) is 0 Å². The molecule has 2 atom stereocenters. The highest BCUT2D eigenvalue weighted by Crippen LogP contribution is 2.15. The summed E-state index contributed by atoms with van der Waals surface area (Å²) in [4.78, 5) is 23.6. The predicted octanol–water partition coefficient (Wildman–Crippen LogP) is 0.751. The van der Waals surface area contributed by atoms with E-state index >= 15 is 0 Å². The van der Waals surface area contributed by atoms with Crippen LogP contribution >= 0.6 is 12.4 Å². The molecule has 1 heterocycles. The fraction of sp³-hybridized carbons (Fsp3) is 0.429. The molecule has 110 valence electrons. The molecule has 0 saturated carbocycles. The third-order valence-corrected chi connectivity index (χ3v) is 3.37. The van der Waals surface area contributed by atoms with Crippen molar-refractivity contribution in [2.75, 3.05) is 13.1 Å². The number of benzene rings is 1. The number of hydrogen-bond acceptors (Lipinski definition) is 3. The molecule has 2 rings (SSSR count). The molecule has 0 radical (unpaired) electrons. The zero-order chi connectivity index (χ0) is 13.7.